The average molecular weight is 358 g/mol. The molecule has 3 rings (SSSR count). The first-order valence-corrected chi connectivity index (χ1v) is 7.92. The normalized spacial score (nSPS) is 10.6. The van der Waals surface area contributed by atoms with Gasteiger partial charge in [0.1, 0.15) is 5.75 Å². The maximum absolute atomic E-state index is 12.4. The number of carbonyl (C=O) groups is 1. The summed E-state index contributed by atoms with van der Waals surface area (Å²) in [5.74, 6) is 0.101. The molecule has 0 aliphatic carbocycles. The number of rotatable bonds is 4. The van der Waals surface area contributed by atoms with Gasteiger partial charge in [0.25, 0.3) is 5.89 Å². The monoisotopic (exact) mass is 357 g/mol. The Morgan fingerprint density at radius 2 is 1.96 bits per heavy atom. The van der Waals surface area contributed by atoms with Crippen molar-refractivity contribution in [1.82, 2.24) is 10.2 Å². The number of aromatic nitrogens is 2. The first-order chi connectivity index (χ1) is 12.0. The van der Waals surface area contributed by atoms with Crippen LogP contribution in [-0.4, -0.2) is 23.2 Å². The predicted molar refractivity (Wildman–Crippen MR) is 95.2 cm³/mol. The number of hydrogen-bond acceptors (Lipinski definition) is 5. The quantitative estimate of drug-likeness (QED) is 0.754. The molecule has 128 valence electrons. The molecule has 6 nitrogen and oxygen atoms in total. The number of nitrogens with zero attached hydrogens (tertiary/aromatic N) is 2. The topological polar surface area (TPSA) is 77.2 Å². The van der Waals surface area contributed by atoms with E-state index in [-0.39, 0.29) is 11.8 Å². The number of para-hydroxylation sites is 1. The number of halogens is 1. The number of methoxy groups -OCH3 is 1. The molecule has 1 heterocycles. The summed E-state index contributed by atoms with van der Waals surface area (Å²) in [7, 11) is 1.55. The Hall–Kier alpha value is -2.86. The Morgan fingerprint density at radius 3 is 2.68 bits per heavy atom. The van der Waals surface area contributed by atoms with Crippen LogP contribution in [-0.2, 0) is 0 Å². The lowest BCUT2D eigenvalue weighted by atomic mass is 10.1. The van der Waals surface area contributed by atoms with E-state index < -0.39 is 5.91 Å². The highest BCUT2D eigenvalue weighted by atomic mass is 35.5. The highest BCUT2D eigenvalue weighted by Gasteiger charge is 2.19. The van der Waals surface area contributed by atoms with E-state index in [1.54, 1.807) is 25.3 Å². The van der Waals surface area contributed by atoms with Crippen molar-refractivity contribution in [2.45, 2.75) is 13.8 Å². The van der Waals surface area contributed by atoms with Gasteiger partial charge in [-0.15, -0.1) is 10.2 Å². The first kappa shape index (κ1) is 17.0. The van der Waals surface area contributed by atoms with Gasteiger partial charge in [0.05, 0.1) is 23.4 Å². The highest BCUT2D eigenvalue weighted by molar-refractivity contribution is 6.34. The number of amides is 1. The van der Waals surface area contributed by atoms with Crippen LogP contribution >= 0.6 is 11.6 Å². The molecule has 0 aliphatic heterocycles. The number of anilines is 1. The number of nitrogens with one attached hydrogen (secondary N) is 1. The van der Waals surface area contributed by atoms with E-state index in [1.807, 2.05) is 32.0 Å². The van der Waals surface area contributed by atoms with Gasteiger partial charge in [0, 0.05) is 0 Å². The fourth-order valence-electron chi connectivity index (χ4n) is 2.49. The lowest BCUT2D eigenvalue weighted by Crippen LogP contribution is -2.13. The summed E-state index contributed by atoms with van der Waals surface area (Å²) in [4.78, 5) is 12.4. The van der Waals surface area contributed by atoms with E-state index in [2.05, 4.69) is 15.5 Å². The minimum absolute atomic E-state index is 0.156. The smallest absolute Gasteiger partial charge is 0.313 e. The Bertz CT molecular complexity index is 914. The summed E-state index contributed by atoms with van der Waals surface area (Å²) < 4.78 is 10.8. The second-order valence-electron chi connectivity index (χ2n) is 5.51. The van der Waals surface area contributed by atoms with Crippen molar-refractivity contribution < 1.29 is 13.9 Å². The lowest BCUT2D eigenvalue weighted by molar-refractivity contribution is 0.0990. The molecule has 0 atom stereocenters. The van der Waals surface area contributed by atoms with Gasteiger partial charge in [-0.1, -0.05) is 29.8 Å². The number of ether oxygens (including phenoxy) is 1. The van der Waals surface area contributed by atoms with Gasteiger partial charge in [0.15, 0.2) is 0 Å². The van der Waals surface area contributed by atoms with Crippen LogP contribution in [0.25, 0.3) is 11.5 Å². The first-order valence-electron chi connectivity index (χ1n) is 7.54. The number of carbonyl (C=O) groups excluding carboxylic acids is 1. The molecule has 3 aromatic rings. The summed E-state index contributed by atoms with van der Waals surface area (Å²) in [5, 5.41) is 10.9. The van der Waals surface area contributed by atoms with Crippen molar-refractivity contribution >= 4 is 23.2 Å². The van der Waals surface area contributed by atoms with Crippen LogP contribution in [0.4, 0.5) is 5.69 Å². The minimum atomic E-state index is -0.525. The largest absolute Gasteiger partial charge is 0.496 e. The summed E-state index contributed by atoms with van der Waals surface area (Å²) in [6.45, 7) is 3.80. The standard InChI is InChI=1S/C18H16ClN3O3/c1-10-8-11(2)15(13(19)9-10)20-16(23)18-22-21-17(25-18)12-6-4-5-7-14(12)24-3/h4-9H,1-3H3,(H,20,23). The highest BCUT2D eigenvalue weighted by Crippen LogP contribution is 2.30. The maximum atomic E-state index is 12.4. The zero-order valence-corrected chi connectivity index (χ0v) is 14.7. The third-order valence-electron chi connectivity index (χ3n) is 3.63. The van der Waals surface area contributed by atoms with Crippen molar-refractivity contribution in [2.24, 2.45) is 0 Å². The van der Waals surface area contributed by atoms with Crippen LogP contribution in [0.15, 0.2) is 40.8 Å². The molecule has 1 amide bonds. The van der Waals surface area contributed by atoms with Gasteiger partial charge in [-0.05, 0) is 43.2 Å². The van der Waals surface area contributed by atoms with E-state index in [0.717, 1.165) is 11.1 Å². The summed E-state index contributed by atoms with van der Waals surface area (Å²) >= 11 is 6.21. The number of benzene rings is 2. The lowest BCUT2D eigenvalue weighted by Gasteiger charge is -2.09. The van der Waals surface area contributed by atoms with Crippen molar-refractivity contribution in [3.8, 4) is 17.2 Å². The molecule has 0 aliphatic rings. The molecule has 1 aromatic heterocycles. The molecule has 0 bridgehead atoms. The second kappa shape index (κ2) is 6.94. The van der Waals surface area contributed by atoms with Crippen molar-refractivity contribution in [3.05, 3.63) is 58.4 Å². The molecule has 1 N–H and O–H groups in total. The third-order valence-corrected chi connectivity index (χ3v) is 3.92. The van der Waals surface area contributed by atoms with Crippen LogP contribution in [0.5, 0.6) is 5.75 Å². The maximum Gasteiger partial charge on any atom is 0.313 e. The van der Waals surface area contributed by atoms with Crippen LogP contribution < -0.4 is 10.1 Å². The van der Waals surface area contributed by atoms with E-state index >= 15 is 0 Å². The molecular weight excluding hydrogens is 342 g/mol. The molecule has 7 heteroatoms. The third kappa shape index (κ3) is 3.49. The van der Waals surface area contributed by atoms with E-state index in [0.29, 0.717) is 22.0 Å². The molecule has 0 saturated heterocycles. The van der Waals surface area contributed by atoms with Crippen molar-refractivity contribution in [1.29, 1.82) is 0 Å². The Balaban J connectivity index is 1.87. The Labute approximate surface area is 149 Å². The SMILES string of the molecule is COc1ccccc1-c1nnc(C(=O)Nc2c(C)cc(C)cc2Cl)o1. The van der Waals surface area contributed by atoms with E-state index in [1.165, 1.54) is 0 Å². The molecule has 0 saturated carbocycles. The van der Waals surface area contributed by atoms with Gasteiger partial charge < -0.3 is 14.5 Å². The van der Waals surface area contributed by atoms with E-state index in [9.17, 15) is 4.79 Å². The zero-order valence-electron chi connectivity index (χ0n) is 14.0. The number of aryl methyl sites for hydroxylation is 2. The van der Waals surface area contributed by atoms with Gasteiger partial charge >= 0.3 is 11.8 Å². The molecule has 0 spiro atoms. The van der Waals surface area contributed by atoms with Gasteiger partial charge in [0.2, 0.25) is 0 Å². The van der Waals surface area contributed by atoms with Gasteiger partial charge in [-0.25, -0.2) is 0 Å². The Kier molecular flexibility index (Phi) is 4.72. The van der Waals surface area contributed by atoms with Crippen LogP contribution in [0.3, 0.4) is 0 Å². The van der Waals surface area contributed by atoms with Crippen molar-refractivity contribution in [2.75, 3.05) is 12.4 Å². The summed E-state index contributed by atoms with van der Waals surface area (Å²) in [5.41, 5.74) is 3.00. The Morgan fingerprint density at radius 1 is 1.20 bits per heavy atom. The molecular formula is C18H16ClN3O3. The average Bonchev–Trinajstić information content (AvgIpc) is 3.08. The summed E-state index contributed by atoms with van der Waals surface area (Å²) in [6.07, 6.45) is 0. The van der Waals surface area contributed by atoms with Crippen LogP contribution in [0.1, 0.15) is 21.8 Å². The van der Waals surface area contributed by atoms with Gasteiger partial charge in [-0.2, -0.15) is 0 Å². The predicted octanol–water partition coefficient (Wildman–Crippen LogP) is 4.27. The molecule has 25 heavy (non-hydrogen) atoms. The number of hydrogen-bond donors (Lipinski definition) is 1. The van der Waals surface area contributed by atoms with Gasteiger partial charge in [-0.3, -0.25) is 4.79 Å². The second-order valence-corrected chi connectivity index (χ2v) is 5.91. The van der Waals surface area contributed by atoms with Crippen molar-refractivity contribution in [3.63, 3.8) is 0 Å². The molecule has 2 aromatic carbocycles. The fourth-order valence-corrected chi connectivity index (χ4v) is 2.85. The fraction of sp³-hybridized carbons (Fsp3) is 0.167. The zero-order chi connectivity index (χ0) is 18.0. The molecule has 0 radical (unpaired) electrons. The van der Waals surface area contributed by atoms with E-state index in [4.69, 9.17) is 20.8 Å². The van der Waals surface area contributed by atoms with Crippen LogP contribution in [0.2, 0.25) is 5.02 Å². The van der Waals surface area contributed by atoms with Crippen LogP contribution in [0, 0.1) is 13.8 Å². The summed E-state index contributed by atoms with van der Waals surface area (Å²) in [6, 6.07) is 10.9. The minimum Gasteiger partial charge on any atom is -0.496 e. The molecule has 0 unspecified atom stereocenters. The molecule has 0 fully saturated rings.